The predicted molar refractivity (Wildman–Crippen MR) is 94.1 cm³/mol. The highest BCUT2D eigenvalue weighted by molar-refractivity contribution is 5.79. The van der Waals surface area contributed by atoms with E-state index < -0.39 is 12.8 Å². The molecule has 0 amide bonds. The molecule has 0 saturated heterocycles. The van der Waals surface area contributed by atoms with Crippen LogP contribution in [0.25, 0.3) is 0 Å². The summed E-state index contributed by atoms with van der Waals surface area (Å²) in [4.78, 5) is 7.89. The van der Waals surface area contributed by atoms with Gasteiger partial charge >= 0.3 is 6.18 Å². The van der Waals surface area contributed by atoms with Gasteiger partial charge < -0.3 is 15.4 Å². The van der Waals surface area contributed by atoms with Gasteiger partial charge in [-0.3, -0.25) is 4.99 Å². The SMILES string of the molecule is CN=C(NCCc1ccccc1F)NCc1ccc(OCC(F)(F)F)nc1. The molecule has 5 nitrogen and oxygen atoms in total. The Morgan fingerprint density at radius 3 is 2.56 bits per heavy atom. The van der Waals surface area contributed by atoms with Gasteiger partial charge in [-0.15, -0.1) is 0 Å². The van der Waals surface area contributed by atoms with E-state index in [1.54, 1.807) is 31.3 Å². The number of halogens is 4. The topological polar surface area (TPSA) is 58.5 Å². The van der Waals surface area contributed by atoms with E-state index in [2.05, 4.69) is 25.3 Å². The van der Waals surface area contributed by atoms with Gasteiger partial charge in [0.1, 0.15) is 5.82 Å². The first-order valence-corrected chi connectivity index (χ1v) is 8.20. The minimum atomic E-state index is -4.40. The van der Waals surface area contributed by atoms with E-state index in [1.807, 2.05) is 0 Å². The number of alkyl halides is 3. The first-order valence-electron chi connectivity index (χ1n) is 8.20. The number of nitrogens with zero attached hydrogens (tertiary/aromatic N) is 2. The molecule has 9 heteroatoms. The van der Waals surface area contributed by atoms with Crippen LogP contribution in [0.3, 0.4) is 0 Å². The van der Waals surface area contributed by atoms with Crippen molar-refractivity contribution < 1.29 is 22.3 Å². The molecule has 0 fully saturated rings. The number of ether oxygens (including phenoxy) is 1. The van der Waals surface area contributed by atoms with Gasteiger partial charge in [0, 0.05) is 32.4 Å². The van der Waals surface area contributed by atoms with Gasteiger partial charge in [-0.25, -0.2) is 9.37 Å². The molecule has 0 spiro atoms. The summed E-state index contributed by atoms with van der Waals surface area (Å²) in [5, 5.41) is 6.11. The Kier molecular flexibility index (Phi) is 7.39. The number of guanidine groups is 1. The van der Waals surface area contributed by atoms with Crippen molar-refractivity contribution in [2.75, 3.05) is 20.2 Å². The number of hydrogen-bond acceptors (Lipinski definition) is 3. The van der Waals surface area contributed by atoms with Crippen LogP contribution in [0.5, 0.6) is 5.88 Å². The summed E-state index contributed by atoms with van der Waals surface area (Å²) < 4.78 is 54.4. The normalized spacial score (nSPS) is 12.0. The summed E-state index contributed by atoms with van der Waals surface area (Å²) >= 11 is 0. The smallest absolute Gasteiger partial charge is 0.422 e. The minimum Gasteiger partial charge on any atom is -0.468 e. The second-order valence-electron chi connectivity index (χ2n) is 5.60. The van der Waals surface area contributed by atoms with Crippen molar-refractivity contribution in [2.24, 2.45) is 4.99 Å². The molecule has 2 N–H and O–H groups in total. The highest BCUT2D eigenvalue weighted by atomic mass is 19.4. The number of benzene rings is 1. The summed E-state index contributed by atoms with van der Waals surface area (Å²) in [5.74, 6) is 0.174. The number of aromatic nitrogens is 1. The summed E-state index contributed by atoms with van der Waals surface area (Å²) in [6.45, 7) is -0.523. The zero-order valence-corrected chi connectivity index (χ0v) is 14.7. The van der Waals surface area contributed by atoms with Crippen LogP contribution in [-0.2, 0) is 13.0 Å². The molecule has 1 heterocycles. The molecule has 0 aliphatic carbocycles. The minimum absolute atomic E-state index is 0.0940. The van der Waals surface area contributed by atoms with E-state index in [0.29, 0.717) is 31.0 Å². The van der Waals surface area contributed by atoms with Crippen LogP contribution in [0.4, 0.5) is 17.6 Å². The Labute approximate surface area is 154 Å². The number of nitrogens with one attached hydrogen (secondary N) is 2. The van der Waals surface area contributed by atoms with Gasteiger partial charge in [-0.1, -0.05) is 24.3 Å². The Morgan fingerprint density at radius 1 is 1.15 bits per heavy atom. The first kappa shape index (κ1) is 20.5. The monoisotopic (exact) mass is 384 g/mol. The Balaban J connectivity index is 1.76. The number of aliphatic imine (C=N–C) groups is 1. The highest BCUT2D eigenvalue weighted by Gasteiger charge is 2.28. The van der Waals surface area contributed by atoms with Crippen LogP contribution in [0.2, 0.25) is 0 Å². The van der Waals surface area contributed by atoms with E-state index in [4.69, 9.17) is 0 Å². The van der Waals surface area contributed by atoms with Gasteiger partial charge in [-0.2, -0.15) is 13.2 Å². The first-order chi connectivity index (χ1) is 12.9. The fourth-order valence-electron chi connectivity index (χ4n) is 2.18. The standard InChI is InChI=1S/C18H20F4N4O/c1-23-17(24-9-8-14-4-2-3-5-15(14)19)26-11-13-6-7-16(25-10-13)27-12-18(20,21)22/h2-7,10H,8-9,11-12H2,1H3,(H2,23,24,26). The summed E-state index contributed by atoms with van der Waals surface area (Å²) in [6.07, 6.45) is -2.48. The maximum Gasteiger partial charge on any atom is 0.422 e. The molecular formula is C18H20F4N4O. The average molecular weight is 384 g/mol. The van der Waals surface area contributed by atoms with Crippen molar-refractivity contribution in [1.82, 2.24) is 15.6 Å². The molecule has 1 aromatic carbocycles. The zero-order valence-electron chi connectivity index (χ0n) is 14.7. The zero-order chi connectivity index (χ0) is 19.7. The lowest BCUT2D eigenvalue weighted by molar-refractivity contribution is -0.154. The van der Waals surface area contributed by atoms with Gasteiger partial charge in [0.2, 0.25) is 5.88 Å². The molecule has 146 valence electrons. The van der Waals surface area contributed by atoms with Crippen molar-refractivity contribution in [1.29, 1.82) is 0 Å². The molecule has 2 rings (SSSR count). The van der Waals surface area contributed by atoms with Crippen LogP contribution >= 0.6 is 0 Å². The third-order valence-electron chi connectivity index (χ3n) is 3.51. The molecule has 0 atom stereocenters. The molecule has 0 aliphatic heterocycles. The van der Waals surface area contributed by atoms with Gasteiger partial charge in [-0.05, 0) is 23.6 Å². The van der Waals surface area contributed by atoms with Gasteiger partial charge in [0.25, 0.3) is 0 Å². The lowest BCUT2D eigenvalue weighted by Gasteiger charge is -2.12. The molecule has 0 saturated carbocycles. The highest BCUT2D eigenvalue weighted by Crippen LogP contribution is 2.17. The molecule has 0 unspecified atom stereocenters. The van der Waals surface area contributed by atoms with Crippen LogP contribution in [0.1, 0.15) is 11.1 Å². The lowest BCUT2D eigenvalue weighted by atomic mass is 10.1. The summed E-state index contributed by atoms with van der Waals surface area (Å²) in [6, 6.07) is 9.54. The maximum atomic E-state index is 13.6. The molecule has 0 bridgehead atoms. The summed E-state index contributed by atoms with van der Waals surface area (Å²) in [7, 11) is 1.60. The van der Waals surface area contributed by atoms with Gasteiger partial charge in [0.15, 0.2) is 12.6 Å². The van der Waals surface area contributed by atoms with Gasteiger partial charge in [0.05, 0.1) is 0 Å². The molecule has 0 radical (unpaired) electrons. The summed E-state index contributed by atoms with van der Waals surface area (Å²) in [5.41, 5.74) is 1.35. The molecular weight excluding hydrogens is 364 g/mol. The van der Waals surface area contributed by atoms with E-state index in [0.717, 1.165) is 5.56 Å². The van der Waals surface area contributed by atoms with Crippen molar-refractivity contribution in [3.05, 3.63) is 59.5 Å². The number of hydrogen-bond donors (Lipinski definition) is 2. The maximum absolute atomic E-state index is 13.6. The largest absolute Gasteiger partial charge is 0.468 e. The van der Waals surface area contributed by atoms with Crippen molar-refractivity contribution in [2.45, 2.75) is 19.1 Å². The van der Waals surface area contributed by atoms with E-state index >= 15 is 0 Å². The molecule has 1 aromatic heterocycles. The second kappa shape index (κ2) is 9.75. The third-order valence-corrected chi connectivity index (χ3v) is 3.51. The second-order valence-corrected chi connectivity index (χ2v) is 5.60. The van der Waals surface area contributed by atoms with Crippen LogP contribution in [0, 0.1) is 5.82 Å². The molecule has 0 aliphatic rings. The lowest BCUT2D eigenvalue weighted by Crippen LogP contribution is -2.37. The molecule has 27 heavy (non-hydrogen) atoms. The van der Waals surface area contributed by atoms with Crippen LogP contribution in [-0.4, -0.2) is 37.3 Å². The van der Waals surface area contributed by atoms with Crippen LogP contribution < -0.4 is 15.4 Å². The van der Waals surface area contributed by atoms with E-state index in [-0.39, 0.29) is 11.7 Å². The predicted octanol–water partition coefficient (Wildman–Crippen LogP) is 3.07. The Bertz CT molecular complexity index is 748. The average Bonchev–Trinajstić information content (AvgIpc) is 2.64. The van der Waals surface area contributed by atoms with Crippen molar-refractivity contribution in [3.8, 4) is 5.88 Å². The third kappa shape index (κ3) is 7.51. The Morgan fingerprint density at radius 2 is 1.93 bits per heavy atom. The Hall–Kier alpha value is -2.84. The van der Waals surface area contributed by atoms with Crippen molar-refractivity contribution in [3.63, 3.8) is 0 Å². The number of rotatable bonds is 7. The fourth-order valence-corrected chi connectivity index (χ4v) is 2.18. The van der Waals surface area contributed by atoms with Crippen molar-refractivity contribution >= 4 is 5.96 Å². The van der Waals surface area contributed by atoms with E-state index in [9.17, 15) is 17.6 Å². The van der Waals surface area contributed by atoms with Crippen LogP contribution in [0.15, 0.2) is 47.6 Å². The fraction of sp³-hybridized carbons (Fsp3) is 0.333. The number of pyridine rings is 1. The van der Waals surface area contributed by atoms with E-state index in [1.165, 1.54) is 18.3 Å². The quantitative estimate of drug-likeness (QED) is 0.438. The molecule has 2 aromatic rings.